The van der Waals surface area contributed by atoms with Crippen LogP contribution in [0.5, 0.6) is 0 Å². The van der Waals surface area contributed by atoms with Crippen molar-refractivity contribution < 1.29 is 4.79 Å². The quantitative estimate of drug-likeness (QED) is 0.624. The van der Waals surface area contributed by atoms with Gasteiger partial charge in [0.25, 0.3) is 0 Å². The van der Waals surface area contributed by atoms with E-state index in [1.807, 2.05) is 0 Å². The van der Waals surface area contributed by atoms with Crippen LogP contribution in [0.3, 0.4) is 0 Å². The number of hydrogen-bond acceptors (Lipinski definition) is 1. The van der Waals surface area contributed by atoms with E-state index in [0.29, 0.717) is 11.2 Å². The molecule has 1 atom stereocenters. The van der Waals surface area contributed by atoms with E-state index < -0.39 is 0 Å². The van der Waals surface area contributed by atoms with Crippen LogP contribution in [0.25, 0.3) is 0 Å². The third-order valence-corrected chi connectivity index (χ3v) is 4.14. The molecule has 0 spiro atoms. The van der Waals surface area contributed by atoms with E-state index in [1.165, 1.54) is 38.5 Å². The maximum Gasteiger partial charge on any atom is 0.129 e. The summed E-state index contributed by atoms with van der Waals surface area (Å²) in [6.45, 7) is 1.71. The summed E-state index contributed by atoms with van der Waals surface area (Å²) in [5, 5.41) is 0. The van der Waals surface area contributed by atoms with Gasteiger partial charge in [0.05, 0.1) is 0 Å². The molecule has 1 unspecified atom stereocenters. The highest BCUT2D eigenvalue weighted by atomic mass is 16.1. The standard InChI is InChI=1S/C14H22O/c1-12(15)6-5-9-14(10-11-14)13-7-3-2-4-8-13/h3,7,13H,2,4-6,8-11H2,1H3. The normalized spacial score (nSPS) is 27.7. The number of carbonyl (C=O) groups is 1. The van der Waals surface area contributed by atoms with Crippen molar-refractivity contribution in [3.63, 3.8) is 0 Å². The summed E-state index contributed by atoms with van der Waals surface area (Å²) in [7, 11) is 0. The Hall–Kier alpha value is -0.590. The highest BCUT2D eigenvalue weighted by Gasteiger charge is 2.47. The zero-order valence-corrected chi connectivity index (χ0v) is 9.80. The third-order valence-electron chi connectivity index (χ3n) is 4.14. The van der Waals surface area contributed by atoms with E-state index >= 15 is 0 Å². The molecule has 2 rings (SSSR count). The third kappa shape index (κ3) is 2.70. The fourth-order valence-corrected chi connectivity index (χ4v) is 2.98. The Morgan fingerprint density at radius 3 is 2.80 bits per heavy atom. The van der Waals surface area contributed by atoms with Crippen molar-refractivity contribution in [2.24, 2.45) is 11.3 Å². The molecule has 0 amide bonds. The molecule has 0 saturated heterocycles. The highest BCUT2D eigenvalue weighted by Crippen LogP contribution is 2.58. The monoisotopic (exact) mass is 206 g/mol. The first-order valence-corrected chi connectivity index (χ1v) is 6.39. The zero-order chi connectivity index (χ0) is 10.7. The van der Waals surface area contributed by atoms with E-state index in [2.05, 4.69) is 12.2 Å². The van der Waals surface area contributed by atoms with Crippen molar-refractivity contribution in [2.75, 3.05) is 0 Å². The van der Waals surface area contributed by atoms with Gasteiger partial charge in [0.1, 0.15) is 5.78 Å². The maximum absolute atomic E-state index is 10.9. The van der Waals surface area contributed by atoms with Crippen LogP contribution in [0.4, 0.5) is 0 Å². The van der Waals surface area contributed by atoms with Crippen molar-refractivity contribution in [1.82, 2.24) is 0 Å². The van der Waals surface area contributed by atoms with E-state index in [1.54, 1.807) is 6.92 Å². The molecule has 0 bridgehead atoms. The predicted octanol–water partition coefficient (Wildman–Crippen LogP) is 3.88. The molecule has 0 heterocycles. The van der Waals surface area contributed by atoms with Crippen molar-refractivity contribution in [3.8, 4) is 0 Å². The average molecular weight is 206 g/mol. The molecule has 84 valence electrons. The molecule has 1 fully saturated rings. The Morgan fingerprint density at radius 1 is 1.47 bits per heavy atom. The summed E-state index contributed by atoms with van der Waals surface area (Å²) >= 11 is 0. The second-order valence-electron chi connectivity index (χ2n) is 5.38. The van der Waals surface area contributed by atoms with Crippen molar-refractivity contribution >= 4 is 5.78 Å². The topological polar surface area (TPSA) is 17.1 Å². The van der Waals surface area contributed by atoms with E-state index in [-0.39, 0.29) is 0 Å². The minimum absolute atomic E-state index is 0.352. The molecule has 2 aliphatic rings. The minimum Gasteiger partial charge on any atom is -0.300 e. The first-order chi connectivity index (χ1) is 7.23. The van der Waals surface area contributed by atoms with Gasteiger partial charge in [-0.25, -0.2) is 0 Å². The average Bonchev–Trinajstić information content (AvgIpc) is 3.00. The molecule has 0 aromatic carbocycles. The van der Waals surface area contributed by atoms with Crippen LogP contribution < -0.4 is 0 Å². The van der Waals surface area contributed by atoms with E-state index in [0.717, 1.165) is 18.8 Å². The number of hydrogen-bond donors (Lipinski definition) is 0. The number of Topliss-reactive ketones (excluding diaryl/α,β-unsaturated/α-hetero) is 1. The summed E-state index contributed by atoms with van der Waals surface area (Å²) in [6, 6.07) is 0. The lowest BCUT2D eigenvalue weighted by Crippen LogP contribution is -2.16. The first-order valence-electron chi connectivity index (χ1n) is 6.39. The lowest BCUT2D eigenvalue weighted by molar-refractivity contribution is -0.117. The Kier molecular flexibility index (Phi) is 3.28. The number of ketones is 1. The smallest absolute Gasteiger partial charge is 0.129 e. The SMILES string of the molecule is CC(=O)CCCC1(C2C=CCCC2)CC1. The number of rotatable bonds is 5. The molecule has 15 heavy (non-hydrogen) atoms. The van der Waals surface area contributed by atoms with Gasteiger partial charge in [-0.2, -0.15) is 0 Å². The van der Waals surface area contributed by atoms with Gasteiger partial charge >= 0.3 is 0 Å². The largest absolute Gasteiger partial charge is 0.300 e. The lowest BCUT2D eigenvalue weighted by atomic mass is 9.79. The van der Waals surface area contributed by atoms with Crippen LogP contribution in [0.2, 0.25) is 0 Å². The Balaban J connectivity index is 1.81. The summed E-state index contributed by atoms with van der Waals surface area (Å²) in [5.41, 5.74) is 0.617. The molecular formula is C14H22O. The second kappa shape index (κ2) is 4.51. The van der Waals surface area contributed by atoms with Crippen LogP contribution in [-0.4, -0.2) is 5.78 Å². The van der Waals surface area contributed by atoms with Gasteiger partial charge in [0.15, 0.2) is 0 Å². The second-order valence-corrected chi connectivity index (χ2v) is 5.38. The molecule has 1 nitrogen and oxygen atoms in total. The Bertz CT molecular complexity index is 261. The van der Waals surface area contributed by atoms with Crippen molar-refractivity contribution in [2.45, 2.75) is 58.3 Å². The molecule has 1 heteroatoms. The van der Waals surface area contributed by atoms with Crippen LogP contribution in [0.15, 0.2) is 12.2 Å². The van der Waals surface area contributed by atoms with Gasteiger partial charge in [0.2, 0.25) is 0 Å². The van der Waals surface area contributed by atoms with Gasteiger partial charge in [-0.15, -0.1) is 0 Å². The Morgan fingerprint density at radius 2 is 2.27 bits per heavy atom. The molecular weight excluding hydrogens is 184 g/mol. The van der Waals surface area contributed by atoms with Crippen LogP contribution in [-0.2, 0) is 4.79 Å². The minimum atomic E-state index is 0.352. The van der Waals surface area contributed by atoms with Crippen LogP contribution in [0.1, 0.15) is 58.3 Å². The molecule has 0 radical (unpaired) electrons. The van der Waals surface area contributed by atoms with Crippen LogP contribution >= 0.6 is 0 Å². The lowest BCUT2D eigenvalue weighted by Gasteiger charge is -2.26. The molecule has 0 aromatic heterocycles. The highest BCUT2D eigenvalue weighted by molar-refractivity contribution is 5.75. The van der Waals surface area contributed by atoms with Crippen molar-refractivity contribution in [1.29, 1.82) is 0 Å². The van der Waals surface area contributed by atoms with E-state index in [9.17, 15) is 4.79 Å². The summed E-state index contributed by atoms with van der Waals surface area (Å²) < 4.78 is 0. The maximum atomic E-state index is 10.9. The predicted molar refractivity (Wildman–Crippen MR) is 62.7 cm³/mol. The van der Waals surface area contributed by atoms with Gasteiger partial charge in [0, 0.05) is 6.42 Å². The summed E-state index contributed by atoms with van der Waals surface area (Å²) in [5.74, 6) is 1.18. The summed E-state index contributed by atoms with van der Waals surface area (Å²) in [6.07, 6.45) is 14.8. The molecule has 2 aliphatic carbocycles. The number of allylic oxidation sites excluding steroid dienone is 2. The fourth-order valence-electron chi connectivity index (χ4n) is 2.98. The zero-order valence-electron chi connectivity index (χ0n) is 9.80. The Labute approximate surface area is 92.9 Å². The first kappa shape index (κ1) is 10.9. The molecule has 0 N–H and O–H groups in total. The number of carbonyl (C=O) groups excluding carboxylic acids is 1. The van der Waals surface area contributed by atoms with Gasteiger partial charge in [-0.1, -0.05) is 12.2 Å². The van der Waals surface area contributed by atoms with E-state index in [4.69, 9.17) is 0 Å². The molecule has 1 saturated carbocycles. The molecule has 0 aliphatic heterocycles. The summed E-state index contributed by atoms with van der Waals surface area (Å²) in [4.78, 5) is 10.9. The van der Waals surface area contributed by atoms with Crippen molar-refractivity contribution in [3.05, 3.63) is 12.2 Å². The van der Waals surface area contributed by atoms with Crippen LogP contribution in [0, 0.1) is 11.3 Å². The van der Waals surface area contributed by atoms with Gasteiger partial charge < -0.3 is 4.79 Å². The van der Waals surface area contributed by atoms with Gasteiger partial charge in [-0.05, 0) is 63.2 Å². The fraction of sp³-hybridized carbons (Fsp3) is 0.786. The molecule has 0 aromatic rings. The van der Waals surface area contributed by atoms with Gasteiger partial charge in [-0.3, -0.25) is 0 Å².